The van der Waals surface area contributed by atoms with Gasteiger partial charge in [-0.2, -0.15) is 0 Å². The van der Waals surface area contributed by atoms with Gasteiger partial charge in [-0.1, -0.05) is 19.9 Å². The van der Waals surface area contributed by atoms with Gasteiger partial charge in [0.1, 0.15) is 0 Å². The molecule has 0 amide bonds. The van der Waals surface area contributed by atoms with Gasteiger partial charge in [-0.05, 0) is 31.3 Å². The summed E-state index contributed by atoms with van der Waals surface area (Å²) in [6.07, 6.45) is 2.38. The number of nitrogens with zero attached hydrogens (tertiary/aromatic N) is 1. The number of hydrogen-bond donors (Lipinski definition) is 1. The zero-order chi connectivity index (χ0) is 11.3. The number of thiophene rings is 1. The van der Waals surface area contributed by atoms with Crippen LogP contribution in [-0.4, -0.2) is 24.5 Å². The number of likely N-dealkylation sites (N-methyl/N-ethyl adjacent to an activating group) is 1. The minimum absolute atomic E-state index is 0.384. The first kappa shape index (κ1) is 12.7. The van der Waals surface area contributed by atoms with E-state index in [1.54, 1.807) is 11.3 Å². The zero-order valence-corrected chi connectivity index (χ0v) is 10.8. The fraction of sp³-hybridized carbons (Fsp3) is 0.667. The van der Waals surface area contributed by atoms with E-state index in [-0.39, 0.29) is 0 Å². The predicted octanol–water partition coefficient (Wildman–Crippen LogP) is 2.87. The first-order chi connectivity index (χ1) is 7.24. The van der Waals surface area contributed by atoms with Crippen LogP contribution >= 0.6 is 11.3 Å². The molecule has 0 saturated heterocycles. The lowest BCUT2D eigenvalue weighted by Gasteiger charge is -2.33. The summed E-state index contributed by atoms with van der Waals surface area (Å²) in [5, 5.41) is 2.12. The van der Waals surface area contributed by atoms with Crippen LogP contribution in [0, 0.1) is 0 Å². The molecule has 1 heterocycles. The largest absolute Gasteiger partial charge is 0.329 e. The van der Waals surface area contributed by atoms with E-state index in [0.717, 1.165) is 0 Å². The lowest BCUT2D eigenvalue weighted by molar-refractivity contribution is 0.170. The third-order valence-electron chi connectivity index (χ3n) is 3.10. The maximum atomic E-state index is 5.88. The molecule has 0 aliphatic rings. The van der Waals surface area contributed by atoms with E-state index in [2.05, 4.69) is 43.3 Å². The standard InChI is InChI=1S/C12H22N2S/c1-4-10(5-2)14(3)11(9-13)12-7-6-8-15-12/h6-8,10-11H,4-5,9,13H2,1-3H3. The van der Waals surface area contributed by atoms with Gasteiger partial charge < -0.3 is 5.73 Å². The fourth-order valence-corrected chi connectivity index (χ4v) is 2.97. The Labute approximate surface area is 97.1 Å². The molecule has 0 aliphatic heterocycles. The van der Waals surface area contributed by atoms with E-state index < -0.39 is 0 Å². The summed E-state index contributed by atoms with van der Waals surface area (Å²) in [7, 11) is 2.19. The fourth-order valence-electron chi connectivity index (χ4n) is 2.08. The Morgan fingerprint density at radius 1 is 1.40 bits per heavy atom. The second kappa shape index (κ2) is 6.26. The van der Waals surface area contributed by atoms with Crippen LogP contribution in [0.1, 0.15) is 37.6 Å². The average Bonchev–Trinajstić information content (AvgIpc) is 2.74. The van der Waals surface area contributed by atoms with Crippen LogP contribution < -0.4 is 5.73 Å². The quantitative estimate of drug-likeness (QED) is 0.808. The van der Waals surface area contributed by atoms with Gasteiger partial charge in [-0.15, -0.1) is 11.3 Å². The van der Waals surface area contributed by atoms with Crippen molar-refractivity contribution < 1.29 is 0 Å². The normalized spacial score (nSPS) is 13.7. The van der Waals surface area contributed by atoms with E-state index in [1.165, 1.54) is 17.7 Å². The second-order valence-electron chi connectivity index (χ2n) is 3.90. The second-order valence-corrected chi connectivity index (χ2v) is 4.88. The van der Waals surface area contributed by atoms with Crippen LogP contribution in [0.3, 0.4) is 0 Å². The molecule has 3 heteroatoms. The molecule has 1 aromatic rings. The van der Waals surface area contributed by atoms with Crippen molar-refractivity contribution in [3.63, 3.8) is 0 Å². The van der Waals surface area contributed by atoms with Gasteiger partial charge in [-0.25, -0.2) is 0 Å². The predicted molar refractivity (Wildman–Crippen MR) is 68.2 cm³/mol. The van der Waals surface area contributed by atoms with Crippen LogP contribution in [0.2, 0.25) is 0 Å². The van der Waals surface area contributed by atoms with E-state index in [9.17, 15) is 0 Å². The van der Waals surface area contributed by atoms with Crippen molar-refractivity contribution in [2.75, 3.05) is 13.6 Å². The van der Waals surface area contributed by atoms with Crippen LogP contribution in [0.5, 0.6) is 0 Å². The molecule has 86 valence electrons. The Kier molecular flexibility index (Phi) is 5.29. The van der Waals surface area contributed by atoms with Crippen molar-refractivity contribution in [3.8, 4) is 0 Å². The highest BCUT2D eigenvalue weighted by atomic mass is 32.1. The van der Waals surface area contributed by atoms with E-state index >= 15 is 0 Å². The van der Waals surface area contributed by atoms with Gasteiger partial charge in [0, 0.05) is 17.5 Å². The summed E-state index contributed by atoms with van der Waals surface area (Å²) in [4.78, 5) is 3.80. The molecule has 15 heavy (non-hydrogen) atoms. The molecule has 0 bridgehead atoms. The maximum absolute atomic E-state index is 5.88. The molecule has 1 unspecified atom stereocenters. The average molecular weight is 226 g/mol. The Morgan fingerprint density at radius 3 is 2.47 bits per heavy atom. The van der Waals surface area contributed by atoms with Crippen molar-refractivity contribution in [1.82, 2.24) is 4.90 Å². The van der Waals surface area contributed by atoms with Gasteiger partial charge in [-0.3, -0.25) is 4.90 Å². The third-order valence-corrected chi connectivity index (χ3v) is 4.08. The molecule has 1 atom stereocenters. The van der Waals surface area contributed by atoms with E-state index in [4.69, 9.17) is 5.73 Å². The molecule has 1 aromatic heterocycles. The number of nitrogens with two attached hydrogens (primary N) is 1. The minimum atomic E-state index is 0.384. The molecule has 0 spiro atoms. The SMILES string of the molecule is CCC(CC)N(C)C(CN)c1cccs1. The first-order valence-corrected chi connectivity index (χ1v) is 6.57. The Bertz CT molecular complexity index is 255. The smallest absolute Gasteiger partial charge is 0.0564 e. The highest BCUT2D eigenvalue weighted by Crippen LogP contribution is 2.26. The van der Waals surface area contributed by atoms with Crippen LogP contribution in [0.25, 0.3) is 0 Å². The topological polar surface area (TPSA) is 29.3 Å². The van der Waals surface area contributed by atoms with Gasteiger partial charge in [0.05, 0.1) is 6.04 Å². The van der Waals surface area contributed by atoms with Crippen molar-refractivity contribution in [1.29, 1.82) is 0 Å². The molecule has 2 nitrogen and oxygen atoms in total. The molecule has 0 aliphatic carbocycles. The Hall–Kier alpha value is -0.380. The van der Waals surface area contributed by atoms with E-state index in [1.807, 2.05) is 0 Å². The number of rotatable bonds is 6. The summed E-state index contributed by atoms with van der Waals surface area (Å²) in [5.41, 5.74) is 5.88. The molecule has 0 aromatic carbocycles. The van der Waals surface area contributed by atoms with Gasteiger partial charge in [0.15, 0.2) is 0 Å². The molecule has 2 N–H and O–H groups in total. The third kappa shape index (κ3) is 3.03. The lowest BCUT2D eigenvalue weighted by Crippen LogP contribution is -2.37. The Balaban J connectivity index is 2.74. The molecule has 0 radical (unpaired) electrons. The van der Waals surface area contributed by atoms with Crippen LogP contribution in [-0.2, 0) is 0 Å². The van der Waals surface area contributed by atoms with Crippen LogP contribution in [0.15, 0.2) is 17.5 Å². The summed E-state index contributed by atoms with van der Waals surface area (Å²) < 4.78 is 0. The van der Waals surface area contributed by atoms with Gasteiger partial charge in [0.2, 0.25) is 0 Å². The van der Waals surface area contributed by atoms with Crippen molar-refractivity contribution >= 4 is 11.3 Å². The summed E-state index contributed by atoms with van der Waals surface area (Å²) in [5.74, 6) is 0. The summed E-state index contributed by atoms with van der Waals surface area (Å²) >= 11 is 1.80. The van der Waals surface area contributed by atoms with Crippen molar-refractivity contribution in [2.24, 2.45) is 5.73 Å². The van der Waals surface area contributed by atoms with E-state index in [0.29, 0.717) is 18.6 Å². The van der Waals surface area contributed by atoms with Crippen LogP contribution in [0.4, 0.5) is 0 Å². The number of hydrogen-bond acceptors (Lipinski definition) is 3. The first-order valence-electron chi connectivity index (χ1n) is 5.69. The van der Waals surface area contributed by atoms with Crippen molar-refractivity contribution in [2.45, 2.75) is 38.8 Å². The molecule has 1 rings (SSSR count). The van der Waals surface area contributed by atoms with Crippen molar-refractivity contribution in [3.05, 3.63) is 22.4 Å². The molecule has 0 fully saturated rings. The zero-order valence-electron chi connectivity index (χ0n) is 9.94. The highest BCUT2D eigenvalue weighted by Gasteiger charge is 2.21. The Morgan fingerprint density at radius 2 is 2.07 bits per heavy atom. The minimum Gasteiger partial charge on any atom is -0.329 e. The molecular weight excluding hydrogens is 204 g/mol. The van der Waals surface area contributed by atoms with Gasteiger partial charge >= 0.3 is 0 Å². The highest BCUT2D eigenvalue weighted by molar-refractivity contribution is 7.10. The molecule has 0 saturated carbocycles. The van der Waals surface area contributed by atoms with Gasteiger partial charge in [0.25, 0.3) is 0 Å². The maximum Gasteiger partial charge on any atom is 0.0564 e. The lowest BCUT2D eigenvalue weighted by atomic mass is 10.1. The summed E-state index contributed by atoms with van der Waals surface area (Å²) in [6.45, 7) is 5.19. The summed E-state index contributed by atoms with van der Waals surface area (Å²) in [6, 6.07) is 5.31. The molecular formula is C12H22N2S. The monoisotopic (exact) mass is 226 g/mol.